The third-order valence-electron chi connectivity index (χ3n) is 3.05. The SMILES string of the molecule is CCCc1cc(CCC)c(CCC)c([O-])c1[O-].[Ni+2]. The first kappa shape index (κ1) is 17.3. The van der Waals surface area contributed by atoms with Crippen molar-refractivity contribution in [3.05, 3.63) is 22.8 Å². The minimum atomic E-state index is -0.268. The van der Waals surface area contributed by atoms with Crippen LogP contribution in [-0.4, -0.2) is 0 Å². The van der Waals surface area contributed by atoms with Gasteiger partial charge in [0, 0.05) is 0 Å². The van der Waals surface area contributed by atoms with Gasteiger partial charge in [-0.2, -0.15) is 0 Å². The molecule has 0 aliphatic carbocycles. The average Bonchev–Trinajstić information content (AvgIpc) is 2.31. The van der Waals surface area contributed by atoms with Gasteiger partial charge in [0.1, 0.15) is 0 Å². The van der Waals surface area contributed by atoms with Crippen LogP contribution in [0.15, 0.2) is 6.07 Å². The van der Waals surface area contributed by atoms with E-state index in [-0.39, 0.29) is 28.0 Å². The average molecular weight is 293 g/mol. The van der Waals surface area contributed by atoms with E-state index in [4.69, 9.17) is 0 Å². The van der Waals surface area contributed by atoms with E-state index in [9.17, 15) is 10.2 Å². The zero-order chi connectivity index (χ0) is 12.8. The normalized spacial score (nSPS) is 10.2. The zero-order valence-corrected chi connectivity index (χ0v) is 12.4. The summed E-state index contributed by atoms with van der Waals surface area (Å²) in [6.07, 6.45) is 5.19. The first-order valence-electron chi connectivity index (χ1n) is 6.67. The second-order valence-electron chi connectivity index (χ2n) is 4.58. The molecule has 0 aliphatic heterocycles. The fraction of sp³-hybridized carbons (Fsp3) is 0.600. The largest absolute Gasteiger partial charge is 2.00 e. The monoisotopic (exact) mass is 292 g/mol. The maximum atomic E-state index is 12.0. The van der Waals surface area contributed by atoms with Crippen LogP contribution >= 0.6 is 0 Å². The van der Waals surface area contributed by atoms with Crippen LogP contribution in [0.4, 0.5) is 0 Å². The quantitative estimate of drug-likeness (QED) is 0.757. The van der Waals surface area contributed by atoms with Crippen LogP contribution in [0, 0.1) is 0 Å². The Hall–Kier alpha value is -0.686. The maximum absolute atomic E-state index is 12.0. The Morgan fingerprint density at radius 3 is 1.78 bits per heavy atom. The fourth-order valence-corrected chi connectivity index (χ4v) is 2.26. The van der Waals surface area contributed by atoms with Crippen molar-refractivity contribution in [3.63, 3.8) is 0 Å². The molecule has 0 aromatic heterocycles. The molecule has 0 radical (unpaired) electrons. The molecule has 2 nitrogen and oxygen atoms in total. The standard InChI is InChI=1S/C15H24O2.Ni/c1-4-7-11-10-12(8-5-2)14(16)15(17)13(11)9-6-3;/h10,16-17H,4-9H2,1-3H3;/q;+2/p-2. The first-order valence-corrected chi connectivity index (χ1v) is 6.67. The van der Waals surface area contributed by atoms with Crippen LogP contribution in [0.25, 0.3) is 0 Å². The van der Waals surface area contributed by atoms with Gasteiger partial charge in [-0.3, -0.25) is 0 Å². The summed E-state index contributed by atoms with van der Waals surface area (Å²) in [6.45, 7) is 6.17. The van der Waals surface area contributed by atoms with Crippen LogP contribution in [0.5, 0.6) is 11.5 Å². The van der Waals surface area contributed by atoms with Crippen molar-refractivity contribution in [2.24, 2.45) is 0 Å². The van der Waals surface area contributed by atoms with E-state index in [0.717, 1.165) is 49.7 Å². The predicted octanol–water partition coefficient (Wildman–Crippen LogP) is 2.69. The van der Waals surface area contributed by atoms with E-state index in [2.05, 4.69) is 6.92 Å². The molecule has 0 spiro atoms. The van der Waals surface area contributed by atoms with Crippen LogP contribution in [-0.2, 0) is 35.8 Å². The van der Waals surface area contributed by atoms with Gasteiger partial charge in [0.25, 0.3) is 0 Å². The van der Waals surface area contributed by atoms with Crippen molar-refractivity contribution in [1.29, 1.82) is 0 Å². The van der Waals surface area contributed by atoms with E-state index in [0.29, 0.717) is 5.56 Å². The fourth-order valence-electron chi connectivity index (χ4n) is 2.26. The van der Waals surface area contributed by atoms with Gasteiger partial charge in [-0.05, 0) is 24.8 Å². The number of benzene rings is 1. The number of rotatable bonds is 6. The molecule has 0 N–H and O–H groups in total. The summed E-state index contributed by atoms with van der Waals surface area (Å²) in [5.41, 5.74) is 2.57. The molecule has 0 fully saturated rings. The predicted molar refractivity (Wildman–Crippen MR) is 67.3 cm³/mol. The maximum Gasteiger partial charge on any atom is 2.00 e. The smallest absolute Gasteiger partial charge is 0.873 e. The Morgan fingerprint density at radius 2 is 1.28 bits per heavy atom. The van der Waals surface area contributed by atoms with E-state index in [1.54, 1.807) is 0 Å². The molecule has 1 aromatic rings. The summed E-state index contributed by atoms with van der Waals surface area (Å²) in [4.78, 5) is 0. The molecule has 0 atom stereocenters. The first-order chi connectivity index (χ1) is 8.15. The third-order valence-corrected chi connectivity index (χ3v) is 3.05. The molecule has 0 heterocycles. The topological polar surface area (TPSA) is 46.1 Å². The molecular formula is C15H22NiO2. The van der Waals surface area contributed by atoms with Gasteiger partial charge in [-0.15, -0.1) is 11.5 Å². The van der Waals surface area contributed by atoms with Gasteiger partial charge in [-0.25, -0.2) is 0 Å². The molecule has 0 unspecified atom stereocenters. The molecule has 0 saturated heterocycles. The Bertz CT molecular complexity index is 375. The summed E-state index contributed by atoms with van der Waals surface area (Å²) in [7, 11) is 0. The minimum Gasteiger partial charge on any atom is -0.873 e. The molecule has 18 heavy (non-hydrogen) atoms. The van der Waals surface area contributed by atoms with Gasteiger partial charge in [0.05, 0.1) is 0 Å². The van der Waals surface area contributed by atoms with Crippen LogP contribution in [0.2, 0.25) is 0 Å². The number of aryl methyl sites for hydroxylation is 2. The summed E-state index contributed by atoms with van der Waals surface area (Å²) >= 11 is 0. The Morgan fingerprint density at radius 1 is 0.778 bits per heavy atom. The summed E-state index contributed by atoms with van der Waals surface area (Å²) < 4.78 is 0. The molecular weight excluding hydrogens is 271 g/mol. The molecule has 0 amide bonds. The van der Waals surface area contributed by atoms with E-state index >= 15 is 0 Å². The second-order valence-corrected chi connectivity index (χ2v) is 4.58. The third kappa shape index (κ3) is 3.91. The molecule has 3 heteroatoms. The van der Waals surface area contributed by atoms with Gasteiger partial charge in [-0.1, -0.05) is 57.2 Å². The minimum absolute atomic E-state index is 0. The van der Waals surface area contributed by atoms with E-state index < -0.39 is 0 Å². The van der Waals surface area contributed by atoms with Crippen molar-refractivity contribution in [2.75, 3.05) is 0 Å². The number of hydrogen-bond donors (Lipinski definition) is 0. The zero-order valence-electron chi connectivity index (χ0n) is 11.5. The molecule has 0 bridgehead atoms. The van der Waals surface area contributed by atoms with Gasteiger partial charge in [0.2, 0.25) is 0 Å². The van der Waals surface area contributed by atoms with Crippen molar-refractivity contribution < 1.29 is 26.7 Å². The summed E-state index contributed by atoms with van der Waals surface area (Å²) in [5, 5.41) is 23.9. The molecule has 0 aliphatic rings. The molecule has 1 aromatic carbocycles. The summed E-state index contributed by atoms with van der Waals surface area (Å²) in [6, 6.07) is 1.97. The Balaban J connectivity index is 0.00000289. The van der Waals surface area contributed by atoms with Crippen LogP contribution in [0.1, 0.15) is 56.7 Å². The van der Waals surface area contributed by atoms with E-state index in [1.165, 1.54) is 0 Å². The Labute approximate surface area is 120 Å². The molecule has 0 saturated carbocycles. The van der Waals surface area contributed by atoms with Gasteiger partial charge >= 0.3 is 16.5 Å². The number of hydrogen-bond acceptors (Lipinski definition) is 2. The molecule has 1 rings (SSSR count). The second kappa shape index (κ2) is 8.42. The molecule has 104 valence electrons. The van der Waals surface area contributed by atoms with Crippen molar-refractivity contribution in [3.8, 4) is 11.5 Å². The van der Waals surface area contributed by atoms with Crippen molar-refractivity contribution in [1.82, 2.24) is 0 Å². The van der Waals surface area contributed by atoms with Gasteiger partial charge in [0.15, 0.2) is 0 Å². The Kier molecular flexibility index (Phi) is 8.10. The summed E-state index contributed by atoms with van der Waals surface area (Å²) in [5.74, 6) is -0.517. The van der Waals surface area contributed by atoms with Gasteiger partial charge < -0.3 is 10.2 Å². The van der Waals surface area contributed by atoms with Crippen molar-refractivity contribution >= 4 is 0 Å². The van der Waals surface area contributed by atoms with E-state index in [1.807, 2.05) is 19.9 Å². The van der Waals surface area contributed by atoms with Crippen molar-refractivity contribution in [2.45, 2.75) is 59.3 Å². The van der Waals surface area contributed by atoms with Crippen LogP contribution < -0.4 is 10.2 Å². The van der Waals surface area contributed by atoms with Crippen LogP contribution in [0.3, 0.4) is 0 Å².